The zero-order chi connectivity index (χ0) is 19.9. The number of pyridine rings is 1. The maximum atomic E-state index is 12.4. The lowest BCUT2D eigenvalue weighted by atomic mass is 10.3. The molecule has 1 aliphatic heterocycles. The zero-order valence-electron chi connectivity index (χ0n) is 15.7. The molecule has 0 N–H and O–H groups in total. The molecule has 150 valence electrons. The predicted octanol–water partition coefficient (Wildman–Crippen LogP) is 3.90. The molecule has 0 aliphatic carbocycles. The Balaban J connectivity index is 1.46. The van der Waals surface area contributed by atoms with Crippen LogP contribution in [0.5, 0.6) is 11.5 Å². The van der Waals surface area contributed by atoms with Crippen LogP contribution in [0.3, 0.4) is 0 Å². The van der Waals surface area contributed by atoms with E-state index in [1.165, 1.54) is 0 Å². The number of rotatable bonds is 7. The number of halogens is 2. The summed E-state index contributed by atoms with van der Waals surface area (Å²) in [5, 5.41) is 1.02. The number of amides is 1. The Hall–Kier alpha value is -2.18. The second kappa shape index (κ2) is 9.85. The molecule has 1 aromatic carbocycles. The molecule has 0 radical (unpaired) electrons. The van der Waals surface area contributed by atoms with E-state index in [-0.39, 0.29) is 12.5 Å². The molecular weight excluding hydrogens is 401 g/mol. The molecule has 2 aromatic rings. The first-order valence-corrected chi connectivity index (χ1v) is 10.0. The lowest BCUT2D eigenvalue weighted by molar-refractivity contribution is -0.133. The van der Waals surface area contributed by atoms with Crippen molar-refractivity contribution < 1.29 is 14.3 Å². The first-order chi connectivity index (χ1) is 13.6. The number of aromatic nitrogens is 1. The molecule has 0 saturated carbocycles. The van der Waals surface area contributed by atoms with Crippen LogP contribution in [-0.4, -0.2) is 55.2 Å². The normalized spacial score (nSPS) is 14.1. The largest absolute Gasteiger partial charge is 0.494 e. The van der Waals surface area contributed by atoms with Gasteiger partial charge in [0.2, 0.25) is 0 Å². The van der Waals surface area contributed by atoms with E-state index >= 15 is 0 Å². The number of ether oxygens (including phenoxy) is 2. The summed E-state index contributed by atoms with van der Waals surface area (Å²) in [6, 6.07) is 8.98. The monoisotopic (exact) mass is 423 g/mol. The highest BCUT2D eigenvalue weighted by molar-refractivity contribution is 6.36. The van der Waals surface area contributed by atoms with Gasteiger partial charge in [-0.3, -0.25) is 4.79 Å². The van der Waals surface area contributed by atoms with Crippen LogP contribution in [0.2, 0.25) is 10.0 Å². The van der Waals surface area contributed by atoms with E-state index < -0.39 is 0 Å². The van der Waals surface area contributed by atoms with E-state index in [9.17, 15) is 4.79 Å². The standard InChI is InChI=1S/C20H23Cl2N3O3/c1-2-11-27-16-3-5-17(6-4-16)28-14-19(26)24-7-9-25(10-8-24)20-18(22)12-15(21)13-23-20/h3-6,12-13H,2,7-11,14H2,1H3. The van der Waals surface area contributed by atoms with E-state index in [0.717, 1.165) is 12.2 Å². The lowest BCUT2D eigenvalue weighted by Gasteiger charge is -2.35. The SMILES string of the molecule is CCCOc1ccc(OCC(=O)N2CCN(c3ncc(Cl)cc3Cl)CC2)cc1. The minimum atomic E-state index is -0.0406. The summed E-state index contributed by atoms with van der Waals surface area (Å²) in [5.41, 5.74) is 0. The minimum absolute atomic E-state index is 0.00904. The molecular formula is C20H23Cl2N3O3. The van der Waals surface area contributed by atoms with Gasteiger partial charge in [0, 0.05) is 32.4 Å². The summed E-state index contributed by atoms with van der Waals surface area (Å²) >= 11 is 12.1. The predicted molar refractivity (Wildman–Crippen MR) is 111 cm³/mol. The molecule has 2 heterocycles. The Morgan fingerprint density at radius 3 is 2.32 bits per heavy atom. The third kappa shape index (κ3) is 5.42. The van der Waals surface area contributed by atoms with Crippen molar-refractivity contribution in [3.8, 4) is 11.5 Å². The van der Waals surface area contributed by atoms with E-state index in [4.69, 9.17) is 32.7 Å². The number of nitrogens with zero attached hydrogens (tertiary/aromatic N) is 3. The number of hydrogen-bond donors (Lipinski definition) is 0. The topological polar surface area (TPSA) is 54.9 Å². The van der Waals surface area contributed by atoms with E-state index in [1.807, 2.05) is 24.3 Å². The van der Waals surface area contributed by atoms with Crippen molar-refractivity contribution in [2.45, 2.75) is 13.3 Å². The Morgan fingerprint density at radius 1 is 1.07 bits per heavy atom. The Bertz CT molecular complexity index is 794. The van der Waals surface area contributed by atoms with Gasteiger partial charge in [-0.15, -0.1) is 0 Å². The first kappa shape index (κ1) is 20.6. The molecule has 0 atom stereocenters. The molecule has 8 heteroatoms. The fourth-order valence-corrected chi connectivity index (χ4v) is 3.40. The first-order valence-electron chi connectivity index (χ1n) is 9.26. The minimum Gasteiger partial charge on any atom is -0.494 e. The molecule has 0 unspecified atom stereocenters. The van der Waals surface area contributed by atoms with Crippen LogP contribution in [0.25, 0.3) is 0 Å². The highest BCUT2D eigenvalue weighted by Crippen LogP contribution is 2.26. The summed E-state index contributed by atoms with van der Waals surface area (Å²) in [5.74, 6) is 2.10. The quantitative estimate of drug-likeness (QED) is 0.675. The molecule has 1 aromatic heterocycles. The summed E-state index contributed by atoms with van der Waals surface area (Å²) in [4.78, 5) is 20.6. The van der Waals surface area contributed by atoms with Crippen molar-refractivity contribution in [1.29, 1.82) is 0 Å². The van der Waals surface area contributed by atoms with Gasteiger partial charge in [-0.05, 0) is 36.8 Å². The van der Waals surface area contributed by atoms with Crippen molar-refractivity contribution in [2.24, 2.45) is 0 Å². The second-order valence-corrected chi connectivity index (χ2v) is 7.28. The molecule has 0 bridgehead atoms. The fourth-order valence-electron chi connectivity index (χ4n) is 2.90. The van der Waals surface area contributed by atoms with Gasteiger partial charge in [0.1, 0.15) is 17.3 Å². The van der Waals surface area contributed by atoms with Crippen molar-refractivity contribution >= 4 is 34.9 Å². The number of hydrogen-bond acceptors (Lipinski definition) is 5. The molecule has 1 aliphatic rings. The van der Waals surface area contributed by atoms with Crippen molar-refractivity contribution in [1.82, 2.24) is 9.88 Å². The van der Waals surface area contributed by atoms with Gasteiger partial charge >= 0.3 is 0 Å². The van der Waals surface area contributed by atoms with Gasteiger partial charge in [-0.25, -0.2) is 4.98 Å². The Labute approximate surface area is 175 Å². The number of benzene rings is 1. The number of carbonyl (C=O) groups is 1. The van der Waals surface area contributed by atoms with Gasteiger partial charge in [-0.1, -0.05) is 30.1 Å². The van der Waals surface area contributed by atoms with Crippen LogP contribution in [0.1, 0.15) is 13.3 Å². The van der Waals surface area contributed by atoms with Gasteiger partial charge in [0.05, 0.1) is 16.7 Å². The van der Waals surface area contributed by atoms with Crippen LogP contribution in [0, 0.1) is 0 Å². The Kier molecular flexibility index (Phi) is 7.23. The van der Waals surface area contributed by atoms with Crippen molar-refractivity contribution in [3.05, 3.63) is 46.6 Å². The summed E-state index contributed by atoms with van der Waals surface area (Å²) < 4.78 is 11.2. The van der Waals surface area contributed by atoms with Crippen LogP contribution in [0.4, 0.5) is 5.82 Å². The number of piperazine rings is 1. The van der Waals surface area contributed by atoms with Crippen molar-refractivity contribution in [2.75, 3.05) is 44.3 Å². The van der Waals surface area contributed by atoms with Gasteiger partial charge < -0.3 is 19.3 Å². The molecule has 0 spiro atoms. The van der Waals surface area contributed by atoms with E-state index in [0.29, 0.717) is 54.4 Å². The van der Waals surface area contributed by atoms with E-state index in [1.54, 1.807) is 17.2 Å². The maximum absolute atomic E-state index is 12.4. The third-order valence-corrected chi connectivity index (χ3v) is 4.86. The smallest absolute Gasteiger partial charge is 0.260 e. The van der Waals surface area contributed by atoms with Gasteiger partial charge in [-0.2, -0.15) is 0 Å². The maximum Gasteiger partial charge on any atom is 0.260 e. The summed E-state index contributed by atoms with van der Waals surface area (Å²) in [6.07, 6.45) is 2.53. The molecule has 6 nitrogen and oxygen atoms in total. The highest BCUT2D eigenvalue weighted by Gasteiger charge is 2.23. The lowest BCUT2D eigenvalue weighted by Crippen LogP contribution is -2.50. The van der Waals surface area contributed by atoms with Crippen LogP contribution < -0.4 is 14.4 Å². The molecule has 1 amide bonds. The number of carbonyl (C=O) groups excluding carboxylic acids is 1. The van der Waals surface area contributed by atoms with Gasteiger partial charge in [0.15, 0.2) is 6.61 Å². The number of anilines is 1. The zero-order valence-corrected chi connectivity index (χ0v) is 17.2. The highest BCUT2D eigenvalue weighted by atomic mass is 35.5. The summed E-state index contributed by atoms with van der Waals surface area (Å²) in [6.45, 7) is 5.24. The average Bonchev–Trinajstić information content (AvgIpc) is 2.71. The molecule has 28 heavy (non-hydrogen) atoms. The second-order valence-electron chi connectivity index (χ2n) is 6.44. The summed E-state index contributed by atoms with van der Waals surface area (Å²) in [7, 11) is 0. The van der Waals surface area contributed by atoms with Crippen LogP contribution in [0.15, 0.2) is 36.5 Å². The molecule has 1 fully saturated rings. The van der Waals surface area contributed by atoms with Gasteiger partial charge in [0.25, 0.3) is 5.91 Å². The average molecular weight is 424 g/mol. The molecule has 3 rings (SSSR count). The molecule has 1 saturated heterocycles. The van der Waals surface area contributed by atoms with Crippen molar-refractivity contribution in [3.63, 3.8) is 0 Å². The van der Waals surface area contributed by atoms with Crippen LogP contribution in [-0.2, 0) is 4.79 Å². The van der Waals surface area contributed by atoms with Crippen LogP contribution >= 0.6 is 23.2 Å². The third-order valence-electron chi connectivity index (χ3n) is 4.38. The van der Waals surface area contributed by atoms with E-state index in [2.05, 4.69) is 16.8 Å². The Morgan fingerprint density at radius 2 is 1.71 bits per heavy atom. The fraction of sp³-hybridized carbons (Fsp3) is 0.400.